The van der Waals surface area contributed by atoms with Gasteiger partial charge in [-0.25, -0.2) is 0 Å². The lowest BCUT2D eigenvalue weighted by Gasteiger charge is -2.07. The highest BCUT2D eigenvalue weighted by molar-refractivity contribution is 5.27. The molecule has 0 spiro atoms. The number of rotatable bonds is 5. The lowest BCUT2D eigenvalue weighted by Crippen LogP contribution is -1.98. The molecule has 0 aliphatic carbocycles. The molecule has 2 aromatic rings. The number of hydrogen-bond acceptors (Lipinski definition) is 4. The molecule has 1 atom stereocenters. The molecule has 0 saturated heterocycles. The first-order valence-electron chi connectivity index (χ1n) is 6.07. The summed E-state index contributed by atoms with van der Waals surface area (Å²) in [7, 11) is 0. The lowest BCUT2D eigenvalue weighted by molar-refractivity contribution is 0.169. The maximum Gasteiger partial charge on any atom is 0.165 e. The molecule has 5 nitrogen and oxygen atoms in total. The molecule has 0 saturated carbocycles. The summed E-state index contributed by atoms with van der Waals surface area (Å²) in [5.74, 6) is 1.32. The molecule has 0 aliphatic rings. The number of hydrogen-bond donors (Lipinski definition) is 1. The zero-order valence-electron chi connectivity index (χ0n) is 10.6. The van der Waals surface area contributed by atoms with Crippen molar-refractivity contribution < 1.29 is 9.84 Å². The van der Waals surface area contributed by atoms with Gasteiger partial charge >= 0.3 is 0 Å². The van der Waals surface area contributed by atoms with E-state index in [1.165, 1.54) is 0 Å². The molecule has 18 heavy (non-hydrogen) atoms. The van der Waals surface area contributed by atoms with Crippen molar-refractivity contribution in [1.82, 2.24) is 14.8 Å². The Kier molecular flexibility index (Phi) is 3.94. The first-order valence-corrected chi connectivity index (χ1v) is 6.07. The van der Waals surface area contributed by atoms with Gasteiger partial charge in [0.1, 0.15) is 5.75 Å². The Labute approximate surface area is 106 Å². The van der Waals surface area contributed by atoms with Crippen LogP contribution in [0.4, 0.5) is 0 Å². The van der Waals surface area contributed by atoms with Gasteiger partial charge in [-0.15, -0.1) is 0 Å². The van der Waals surface area contributed by atoms with Crippen molar-refractivity contribution in [3.63, 3.8) is 0 Å². The molecule has 96 valence electrons. The summed E-state index contributed by atoms with van der Waals surface area (Å²) in [6.07, 6.45) is 5.24. The lowest BCUT2D eigenvalue weighted by atomic mass is 10.2. The zero-order valence-corrected chi connectivity index (χ0v) is 10.6. The van der Waals surface area contributed by atoms with Crippen molar-refractivity contribution in [1.29, 1.82) is 0 Å². The van der Waals surface area contributed by atoms with Crippen LogP contribution in [0.3, 0.4) is 0 Å². The summed E-state index contributed by atoms with van der Waals surface area (Å²) in [5, 5.41) is 13.7. The minimum atomic E-state index is -0.512. The maximum absolute atomic E-state index is 9.63. The summed E-state index contributed by atoms with van der Waals surface area (Å²) in [6.45, 7) is 4.73. The van der Waals surface area contributed by atoms with Gasteiger partial charge in [0.2, 0.25) is 0 Å². The molecule has 0 radical (unpaired) electrons. The number of aryl methyl sites for hydroxylation is 1. The second kappa shape index (κ2) is 5.64. The molecule has 0 fully saturated rings. The van der Waals surface area contributed by atoms with Crippen LogP contribution in [0.1, 0.15) is 32.1 Å². The largest absolute Gasteiger partial charge is 0.452 e. The third-order valence-corrected chi connectivity index (χ3v) is 2.66. The average molecular weight is 247 g/mol. The Hall–Kier alpha value is -1.88. The maximum atomic E-state index is 9.63. The first-order chi connectivity index (χ1) is 8.72. The molecule has 1 N–H and O–H groups in total. The fraction of sp³-hybridized carbons (Fsp3) is 0.385. The number of aromatic nitrogens is 3. The van der Waals surface area contributed by atoms with Gasteiger partial charge in [0, 0.05) is 6.54 Å². The van der Waals surface area contributed by atoms with Crippen molar-refractivity contribution in [2.75, 3.05) is 0 Å². The average Bonchev–Trinajstić information content (AvgIpc) is 2.86. The third-order valence-electron chi connectivity index (χ3n) is 2.66. The number of ether oxygens (including phenoxy) is 1. The highest BCUT2D eigenvalue weighted by Crippen LogP contribution is 2.21. The molecule has 0 unspecified atom stereocenters. The van der Waals surface area contributed by atoms with Gasteiger partial charge in [-0.3, -0.25) is 9.67 Å². The van der Waals surface area contributed by atoms with Crippen LogP contribution in [-0.2, 0) is 6.54 Å². The Morgan fingerprint density at radius 2 is 2.11 bits per heavy atom. The van der Waals surface area contributed by atoms with Crippen LogP contribution in [-0.4, -0.2) is 19.9 Å². The predicted octanol–water partition coefficient (Wildman–Crippen LogP) is 2.53. The Morgan fingerprint density at radius 1 is 1.28 bits per heavy atom. The van der Waals surface area contributed by atoms with Crippen LogP contribution >= 0.6 is 0 Å². The van der Waals surface area contributed by atoms with E-state index in [1.54, 1.807) is 29.2 Å². The highest BCUT2D eigenvalue weighted by atomic mass is 16.5. The Morgan fingerprint density at radius 3 is 2.67 bits per heavy atom. The molecule has 0 bridgehead atoms. The van der Waals surface area contributed by atoms with Gasteiger partial charge in [-0.05, 0) is 25.5 Å². The Bertz CT molecular complexity index is 493. The van der Waals surface area contributed by atoms with E-state index in [0.29, 0.717) is 23.6 Å². The molecular weight excluding hydrogens is 230 g/mol. The second-order valence-corrected chi connectivity index (χ2v) is 3.98. The van der Waals surface area contributed by atoms with E-state index in [2.05, 4.69) is 10.1 Å². The standard InChI is InChI=1S/C13H17N3O2/c1-3-13(17)12-6-5-10(7-14-12)18-11-8-15-16(4-2)9-11/h5-9,13,17H,3-4H2,1-2H3/t13-/m0/s1. The van der Waals surface area contributed by atoms with Gasteiger partial charge < -0.3 is 9.84 Å². The van der Waals surface area contributed by atoms with Gasteiger partial charge in [0.25, 0.3) is 0 Å². The smallest absolute Gasteiger partial charge is 0.165 e. The number of nitrogens with zero attached hydrogens (tertiary/aromatic N) is 3. The Balaban J connectivity index is 2.06. The van der Waals surface area contributed by atoms with E-state index in [4.69, 9.17) is 4.74 Å². The molecule has 0 amide bonds. The normalized spacial score (nSPS) is 12.4. The minimum absolute atomic E-state index is 0.512. The first kappa shape index (κ1) is 12.6. The molecule has 0 aliphatic heterocycles. The number of aliphatic hydroxyl groups is 1. The SMILES string of the molecule is CC[C@H](O)c1ccc(Oc2cnn(CC)c2)cn1. The van der Waals surface area contributed by atoms with Crippen LogP contribution in [0.25, 0.3) is 0 Å². The van der Waals surface area contributed by atoms with Gasteiger partial charge in [-0.1, -0.05) is 6.92 Å². The minimum Gasteiger partial charge on any atom is -0.452 e. The number of aliphatic hydroxyl groups excluding tert-OH is 1. The molecule has 0 aromatic carbocycles. The van der Waals surface area contributed by atoms with E-state index in [1.807, 2.05) is 20.0 Å². The van der Waals surface area contributed by atoms with Crippen molar-refractivity contribution in [2.24, 2.45) is 0 Å². The van der Waals surface area contributed by atoms with Gasteiger partial charge in [-0.2, -0.15) is 5.10 Å². The third kappa shape index (κ3) is 2.87. The van der Waals surface area contributed by atoms with E-state index in [-0.39, 0.29) is 0 Å². The van der Waals surface area contributed by atoms with E-state index >= 15 is 0 Å². The number of pyridine rings is 1. The van der Waals surface area contributed by atoms with Crippen molar-refractivity contribution in [3.05, 3.63) is 36.4 Å². The van der Waals surface area contributed by atoms with Crippen molar-refractivity contribution >= 4 is 0 Å². The summed E-state index contributed by atoms with van der Waals surface area (Å²) in [4.78, 5) is 4.17. The molecular formula is C13H17N3O2. The van der Waals surface area contributed by atoms with Crippen molar-refractivity contribution in [3.8, 4) is 11.5 Å². The fourth-order valence-electron chi connectivity index (χ4n) is 1.56. The van der Waals surface area contributed by atoms with Gasteiger partial charge in [0.15, 0.2) is 5.75 Å². The van der Waals surface area contributed by atoms with E-state index in [0.717, 1.165) is 6.54 Å². The summed E-state index contributed by atoms with van der Waals surface area (Å²) in [5.41, 5.74) is 0.661. The summed E-state index contributed by atoms with van der Waals surface area (Å²) >= 11 is 0. The van der Waals surface area contributed by atoms with Crippen LogP contribution in [0.5, 0.6) is 11.5 Å². The van der Waals surface area contributed by atoms with Crippen LogP contribution < -0.4 is 4.74 Å². The van der Waals surface area contributed by atoms with Gasteiger partial charge in [0.05, 0.1) is 30.4 Å². The molecule has 2 heterocycles. The van der Waals surface area contributed by atoms with Crippen molar-refractivity contribution in [2.45, 2.75) is 32.9 Å². The highest BCUT2D eigenvalue weighted by Gasteiger charge is 2.07. The van der Waals surface area contributed by atoms with E-state index in [9.17, 15) is 5.11 Å². The van der Waals surface area contributed by atoms with E-state index < -0.39 is 6.10 Å². The van der Waals surface area contributed by atoms with Crippen LogP contribution in [0, 0.1) is 0 Å². The zero-order chi connectivity index (χ0) is 13.0. The summed E-state index contributed by atoms with van der Waals surface area (Å²) < 4.78 is 7.39. The quantitative estimate of drug-likeness (QED) is 0.882. The predicted molar refractivity (Wildman–Crippen MR) is 67.5 cm³/mol. The van der Waals surface area contributed by atoms with Crippen LogP contribution in [0.2, 0.25) is 0 Å². The monoisotopic (exact) mass is 247 g/mol. The molecule has 5 heteroatoms. The van der Waals surface area contributed by atoms with Crippen LogP contribution in [0.15, 0.2) is 30.7 Å². The molecule has 2 rings (SSSR count). The second-order valence-electron chi connectivity index (χ2n) is 3.98. The topological polar surface area (TPSA) is 60.2 Å². The molecule has 2 aromatic heterocycles. The fourth-order valence-corrected chi connectivity index (χ4v) is 1.56. The summed E-state index contributed by atoms with van der Waals surface area (Å²) in [6, 6.07) is 3.57.